The van der Waals surface area contributed by atoms with Crippen LogP contribution in [-0.2, 0) is 0 Å². The number of phenols is 2. The number of aliphatic imine (C=N–C) groups is 2. The van der Waals surface area contributed by atoms with Gasteiger partial charge in [0.25, 0.3) is 0 Å². The van der Waals surface area contributed by atoms with Crippen molar-refractivity contribution in [1.29, 1.82) is 0 Å². The van der Waals surface area contributed by atoms with Crippen LogP contribution in [0.15, 0.2) is 46.4 Å². The average molecular weight is 323 g/mol. The van der Waals surface area contributed by atoms with Crippen LogP contribution in [0.2, 0.25) is 10.0 Å². The minimum atomic E-state index is 0.0969. The highest BCUT2D eigenvalue weighted by atomic mass is 35.5. The summed E-state index contributed by atoms with van der Waals surface area (Å²) in [6.45, 7) is 0.151. The number of halogens is 2. The third-order valence-corrected chi connectivity index (χ3v) is 3.07. The molecule has 2 aromatic carbocycles. The van der Waals surface area contributed by atoms with Crippen molar-refractivity contribution in [2.45, 2.75) is 0 Å². The summed E-state index contributed by atoms with van der Waals surface area (Å²) in [6.07, 6.45) is 2.97. The molecule has 108 valence electrons. The molecule has 2 N–H and O–H groups in total. The molecule has 0 fully saturated rings. The molecule has 4 nitrogen and oxygen atoms in total. The highest BCUT2D eigenvalue weighted by Gasteiger charge is 1.99. The summed E-state index contributed by atoms with van der Waals surface area (Å²) in [5.74, 6) is 0.194. The quantitative estimate of drug-likeness (QED) is 0.838. The minimum Gasteiger partial charge on any atom is -0.507 e. The van der Waals surface area contributed by atoms with E-state index in [0.29, 0.717) is 21.2 Å². The lowest BCUT2D eigenvalue weighted by Gasteiger charge is -1.99. The Kier molecular flexibility index (Phi) is 5.20. The highest BCUT2D eigenvalue weighted by molar-refractivity contribution is 6.31. The Hall–Kier alpha value is -2.04. The zero-order valence-electron chi connectivity index (χ0n) is 10.9. The van der Waals surface area contributed by atoms with Crippen LogP contribution in [0.5, 0.6) is 11.5 Å². The van der Waals surface area contributed by atoms with E-state index < -0.39 is 0 Å². The molecule has 21 heavy (non-hydrogen) atoms. The van der Waals surface area contributed by atoms with Crippen LogP contribution >= 0.6 is 23.2 Å². The van der Waals surface area contributed by atoms with Gasteiger partial charge in [0.15, 0.2) is 0 Å². The van der Waals surface area contributed by atoms with E-state index in [1.807, 2.05) is 0 Å². The maximum Gasteiger partial charge on any atom is 0.129 e. The SMILES string of the molecule is Oc1ccc(Cl)cc1C=NCN=Cc1cc(Cl)ccc1O. The first-order valence-corrected chi connectivity index (χ1v) is 6.78. The fourth-order valence-corrected chi connectivity index (χ4v) is 1.94. The smallest absolute Gasteiger partial charge is 0.129 e. The first-order valence-electron chi connectivity index (χ1n) is 6.03. The molecule has 0 aliphatic rings. The van der Waals surface area contributed by atoms with E-state index in [4.69, 9.17) is 23.2 Å². The number of nitrogens with zero attached hydrogens (tertiary/aromatic N) is 2. The molecular formula is C15H12Cl2N2O2. The largest absolute Gasteiger partial charge is 0.507 e. The van der Waals surface area contributed by atoms with Crippen molar-refractivity contribution in [1.82, 2.24) is 0 Å². The molecule has 0 radical (unpaired) electrons. The number of phenolic OH excluding ortho intramolecular Hbond substituents is 2. The third kappa shape index (κ3) is 4.48. The second-order valence-electron chi connectivity index (χ2n) is 4.17. The summed E-state index contributed by atoms with van der Waals surface area (Å²) in [5.41, 5.74) is 1.03. The molecule has 2 rings (SSSR count). The third-order valence-electron chi connectivity index (χ3n) is 2.60. The van der Waals surface area contributed by atoms with E-state index in [1.165, 1.54) is 24.6 Å². The molecule has 0 aromatic heterocycles. The molecule has 6 heteroatoms. The van der Waals surface area contributed by atoms with Crippen LogP contribution in [0.1, 0.15) is 11.1 Å². The number of rotatable bonds is 4. The summed E-state index contributed by atoms with van der Waals surface area (Å²) >= 11 is 11.7. The van der Waals surface area contributed by atoms with Gasteiger partial charge in [-0.3, -0.25) is 9.98 Å². The van der Waals surface area contributed by atoms with Gasteiger partial charge in [0.05, 0.1) is 0 Å². The van der Waals surface area contributed by atoms with Crippen molar-refractivity contribution in [3.63, 3.8) is 0 Å². The average Bonchev–Trinajstić information content (AvgIpc) is 2.45. The number of aromatic hydroxyl groups is 2. The van der Waals surface area contributed by atoms with Gasteiger partial charge in [-0.2, -0.15) is 0 Å². The molecule has 0 saturated heterocycles. The minimum absolute atomic E-state index is 0.0969. The molecule has 0 amide bonds. The normalized spacial score (nSPS) is 11.5. The predicted molar refractivity (Wildman–Crippen MR) is 86.3 cm³/mol. The van der Waals surface area contributed by atoms with Crippen molar-refractivity contribution < 1.29 is 10.2 Å². The lowest BCUT2D eigenvalue weighted by atomic mass is 10.2. The summed E-state index contributed by atoms with van der Waals surface area (Å²) in [6, 6.07) is 9.39. The molecular weight excluding hydrogens is 311 g/mol. The molecule has 0 saturated carbocycles. The lowest BCUT2D eigenvalue weighted by Crippen LogP contribution is -1.86. The van der Waals surface area contributed by atoms with Crippen LogP contribution in [0.4, 0.5) is 0 Å². The van der Waals surface area contributed by atoms with E-state index in [2.05, 4.69) is 9.98 Å². The van der Waals surface area contributed by atoms with Gasteiger partial charge in [-0.25, -0.2) is 0 Å². The Bertz CT molecular complexity index is 641. The maximum atomic E-state index is 9.60. The van der Waals surface area contributed by atoms with Crippen LogP contribution < -0.4 is 0 Å². The number of hydrogen-bond donors (Lipinski definition) is 2. The first-order chi connectivity index (χ1) is 10.1. The Morgan fingerprint density at radius 3 is 1.67 bits per heavy atom. The van der Waals surface area contributed by atoms with Gasteiger partial charge < -0.3 is 10.2 Å². The fraction of sp³-hybridized carbons (Fsp3) is 0.0667. The molecule has 0 aliphatic carbocycles. The molecule has 2 aromatic rings. The van der Waals surface area contributed by atoms with Gasteiger partial charge >= 0.3 is 0 Å². The Labute approximate surface area is 132 Å². The Morgan fingerprint density at radius 1 is 0.810 bits per heavy atom. The van der Waals surface area contributed by atoms with Crippen molar-refractivity contribution >= 4 is 35.6 Å². The molecule has 0 unspecified atom stereocenters. The maximum absolute atomic E-state index is 9.60. The van der Waals surface area contributed by atoms with Gasteiger partial charge in [0, 0.05) is 33.6 Å². The van der Waals surface area contributed by atoms with E-state index in [9.17, 15) is 10.2 Å². The zero-order chi connectivity index (χ0) is 15.2. The molecule has 0 spiro atoms. The highest BCUT2D eigenvalue weighted by Crippen LogP contribution is 2.20. The fourth-order valence-electron chi connectivity index (χ4n) is 1.58. The molecule has 0 atom stereocenters. The van der Waals surface area contributed by atoms with Crippen LogP contribution in [0, 0.1) is 0 Å². The summed E-state index contributed by atoms with van der Waals surface area (Å²) < 4.78 is 0. The van der Waals surface area contributed by atoms with Gasteiger partial charge in [0.2, 0.25) is 0 Å². The van der Waals surface area contributed by atoms with E-state index in [-0.39, 0.29) is 18.2 Å². The topological polar surface area (TPSA) is 65.2 Å². The van der Waals surface area contributed by atoms with E-state index >= 15 is 0 Å². The predicted octanol–water partition coefficient (Wildman–Crippen LogP) is 3.90. The molecule has 0 bridgehead atoms. The lowest BCUT2D eigenvalue weighted by molar-refractivity contribution is 0.474. The molecule has 0 heterocycles. The zero-order valence-corrected chi connectivity index (χ0v) is 12.4. The van der Waals surface area contributed by atoms with Crippen molar-refractivity contribution in [3.8, 4) is 11.5 Å². The first kappa shape index (κ1) is 15.4. The summed E-state index contributed by atoms with van der Waals surface area (Å²) in [4.78, 5) is 8.11. The van der Waals surface area contributed by atoms with E-state index in [1.54, 1.807) is 24.3 Å². The van der Waals surface area contributed by atoms with Gasteiger partial charge in [-0.15, -0.1) is 0 Å². The number of hydrogen-bond acceptors (Lipinski definition) is 4. The van der Waals surface area contributed by atoms with Crippen molar-refractivity contribution in [2.24, 2.45) is 9.98 Å². The van der Waals surface area contributed by atoms with Crippen molar-refractivity contribution in [2.75, 3.05) is 6.67 Å². The van der Waals surface area contributed by atoms with E-state index in [0.717, 1.165) is 0 Å². The summed E-state index contributed by atoms with van der Waals surface area (Å²) in [7, 11) is 0. The number of benzene rings is 2. The Balaban J connectivity index is 2.00. The summed E-state index contributed by atoms with van der Waals surface area (Å²) in [5, 5.41) is 20.2. The standard InChI is InChI=1S/C15H12Cl2N2O2/c16-12-1-3-14(20)10(5-12)7-18-9-19-8-11-6-13(17)2-4-15(11)21/h1-8,20-21H,9H2. The second kappa shape index (κ2) is 7.11. The monoisotopic (exact) mass is 322 g/mol. The van der Waals surface area contributed by atoms with Crippen LogP contribution in [0.3, 0.4) is 0 Å². The van der Waals surface area contributed by atoms with Gasteiger partial charge in [-0.1, -0.05) is 23.2 Å². The second-order valence-corrected chi connectivity index (χ2v) is 5.04. The van der Waals surface area contributed by atoms with Gasteiger partial charge in [-0.05, 0) is 36.4 Å². The van der Waals surface area contributed by atoms with Crippen molar-refractivity contribution in [3.05, 3.63) is 57.6 Å². The molecule has 0 aliphatic heterocycles. The van der Waals surface area contributed by atoms with Gasteiger partial charge in [0.1, 0.15) is 18.2 Å². The van der Waals surface area contributed by atoms with Crippen LogP contribution in [0.25, 0.3) is 0 Å². The van der Waals surface area contributed by atoms with Crippen LogP contribution in [-0.4, -0.2) is 29.3 Å². The Morgan fingerprint density at radius 2 is 1.24 bits per heavy atom.